The number of aliphatic hydroxyl groups excluding tert-OH is 2. The van der Waals surface area contributed by atoms with E-state index in [1.807, 2.05) is 0 Å². The number of aliphatic hydroxyl groups is 3. The number of aromatic hydroxyl groups is 1. The molecule has 11 nitrogen and oxygen atoms in total. The van der Waals surface area contributed by atoms with E-state index >= 15 is 4.39 Å². The van der Waals surface area contributed by atoms with Gasteiger partial charge in [-0.2, -0.15) is 0 Å². The maximum absolute atomic E-state index is 15.8. The monoisotopic (exact) mass is 593 g/mol. The first-order chi connectivity index (χ1) is 20.3. The molecule has 0 unspecified atom stereocenters. The van der Waals surface area contributed by atoms with E-state index in [0.29, 0.717) is 25.3 Å². The van der Waals surface area contributed by atoms with Gasteiger partial charge in [-0.1, -0.05) is 0 Å². The van der Waals surface area contributed by atoms with E-state index in [-0.39, 0.29) is 47.7 Å². The fourth-order valence-electron chi connectivity index (χ4n) is 7.49. The number of ketones is 1. The van der Waals surface area contributed by atoms with Crippen molar-refractivity contribution in [2.75, 3.05) is 32.1 Å². The second-order valence-corrected chi connectivity index (χ2v) is 12.7. The number of amides is 2. The number of Topliss-reactive ketones (excluding diaryl/α,β-unsaturated/α-hetero) is 1. The summed E-state index contributed by atoms with van der Waals surface area (Å²) in [5.74, 6) is -6.37. The number of hydrogen-bond acceptors (Lipinski definition) is 9. The molecule has 1 radical (unpaired) electrons. The van der Waals surface area contributed by atoms with Gasteiger partial charge >= 0.3 is 224 Å². The van der Waals surface area contributed by atoms with Gasteiger partial charge in [-0.15, -0.1) is 0 Å². The maximum atomic E-state index is 15.8. The summed E-state index contributed by atoms with van der Waals surface area (Å²) in [6.07, 6.45) is 3.29. The molecule has 43 heavy (non-hydrogen) atoms. The molecule has 3 fully saturated rings. The molecule has 7 N–H and O–H groups in total. The Morgan fingerprint density at radius 1 is 1.23 bits per heavy atom. The first kappa shape index (κ1) is 29.5. The third-order valence-electron chi connectivity index (χ3n) is 9.83. The number of phenolic OH excluding ortho intramolecular Hbond substituents is 1. The molecule has 1 aromatic carbocycles. The predicted octanol–water partition coefficient (Wildman–Crippen LogP) is 0.370. The number of phenols is 1. The zero-order valence-corrected chi connectivity index (χ0v) is 24.1. The Bertz CT molecular complexity index is 1540. The average Bonchev–Trinajstić information content (AvgIpc) is 3.76. The molecule has 13 heteroatoms. The molecule has 1 aliphatic heterocycles. The summed E-state index contributed by atoms with van der Waals surface area (Å²) in [5, 5.41) is 49.0. The molecule has 4 aliphatic carbocycles. The van der Waals surface area contributed by atoms with E-state index in [1.165, 1.54) is 9.80 Å². The van der Waals surface area contributed by atoms with Gasteiger partial charge in [0.2, 0.25) is 0 Å². The molecule has 0 bridgehead atoms. The number of carbonyl (C=O) groups excluding carboxylic acids is 3. The van der Waals surface area contributed by atoms with Gasteiger partial charge in [0, 0.05) is 0 Å². The van der Waals surface area contributed by atoms with E-state index < -0.39 is 75.3 Å². The Labute approximate surface area is 248 Å². The van der Waals surface area contributed by atoms with Crippen LogP contribution in [0.3, 0.4) is 0 Å². The normalized spacial score (nSPS) is 30.9. The number of nitrogens with one attached hydrogen (secondary N) is 1. The van der Waals surface area contributed by atoms with Crippen LogP contribution in [-0.4, -0.2) is 101 Å². The molecule has 2 amide bonds. The molecular formula is C30H35BFN4O7. The van der Waals surface area contributed by atoms with Crippen molar-refractivity contribution >= 4 is 42.0 Å². The zero-order chi connectivity index (χ0) is 31.1. The molecule has 1 heterocycles. The number of fused-ring (bicyclic) bond motifs is 3. The number of anilines is 1. The summed E-state index contributed by atoms with van der Waals surface area (Å²) in [5.41, 5.74) is 0.958. The van der Waals surface area contributed by atoms with Gasteiger partial charge in [-0.3, -0.25) is 0 Å². The Hall–Kier alpha value is -3.55. The van der Waals surface area contributed by atoms with Crippen LogP contribution in [0.15, 0.2) is 23.0 Å². The van der Waals surface area contributed by atoms with Crippen molar-refractivity contribution in [2.24, 2.45) is 23.5 Å². The van der Waals surface area contributed by atoms with E-state index in [2.05, 4.69) is 5.32 Å². The molecule has 227 valence electrons. The first-order valence-corrected chi connectivity index (χ1v) is 14.6. The molecule has 2 saturated carbocycles. The van der Waals surface area contributed by atoms with Crippen molar-refractivity contribution in [3.8, 4) is 5.75 Å². The fourth-order valence-corrected chi connectivity index (χ4v) is 7.49. The van der Waals surface area contributed by atoms with Crippen LogP contribution in [0.1, 0.15) is 43.2 Å². The number of benzene rings is 1. The first-order valence-electron chi connectivity index (χ1n) is 14.6. The summed E-state index contributed by atoms with van der Waals surface area (Å²) in [6.45, 7) is 0.935. The van der Waals surface area contributed by atoms with Crippen LogP contribution in [0.4, 0.5) is 10.1 Å². The average molecular weight is 593 g/mol. The number of piperidine rings is 1. The van der Waals surface area contributed by atoms with Crippen molar-refractivity contribution in [3.63, 3.8) is 0 Å². The molecule has 1 saturated heterocycles. The molecule has 5 atom stereocenters. The molecular weight excluding hydrogens is 558 g/mol. The van der Waals surface area contributed by atoms with Crippen molar-refractivity contribution in [2.45, 2.75) is 56.2 Å². The standard InChI is InChI=1S/C30H35BFN4O7/c1-35(2)22-15-9-13-8-14-16(32)10-18(36-7-3-4-17(29(36)42)34-11-12-5-6-12)23(37)20(14)24(38)19(13)27(40)30(15,43)26(31)21(25(22)39)28(33)41/h10,12-13,15,17,22,34,37-39,43H,3-9,11H2,1-2H3,(H2,33,41)/t13-,15-,17-,22-,30+/m0/s1. The summed E-state index contributed by atoms with van der Waals surface area (Å²) < 4.78 is 15.8. The topological polar surface area (TPSA) is 177 Å². The van der Waals surface area contributed by atoms with E-state index in [1.54, 1.807) is 14.1 Å². The van der Waals surface area contributed by atoms with Crippen molar-refractivity contribution in [1.82, 2.24) is 10.2 Å². The summed E-state index contributed by atoms with van der Waals surface area (Å²) in [7, 11) is 9.33. The van der Waals surface area contributed by atoms with Crippen LogP contribution in [0.2, 0.25) is 0 Å². The minimum atomic E-state index is -2.53. The third-order valence-corrected chi connectivity index (χ3v) is 9.83. The van der Waals surface area contributed by atoms with Gasteiger partial charge in [-0.05, 0) is 25.3 Å². The minimum absolute atomic E-state index is 0.0262. The number of nitrogens with two attached hydrogens (primary N) is 1. The van der Waals surface area contributed by atoms with Gasteiger partial charge in [0.15, 0.2) is 0 Å². The van der Waals surface area contributed by atoms with Crippen LogP contribution < -0.4 is 16.0 Å². The zero-order valence-electron chi connectivity index (χ0n) is 24.1. The van der Waals surface area contributed by atoms with Crippen LogP contribution in [0.25, 0.3) is 5.76 Å². The molecule has 6 rings (SSSR count). The van der Waals surface area contributed by atoms with E-state index in [0.717, 1.165) is 18.9 Å². The molecule has 1 aromatic rings. The van der Waals surface area contributed by atoms with Crippen LogP contribution >= 0.6 is 0 Å². The van der Waals surface area contributed by atoms with Gasteiger partial charge < -0.3 is 0 Å². The number of halogens is 1. The van der Waals surface area contributed by atoms with Crippen LogP contribution in [-0.2, 0) is 20.8 Å². The molecule has 5 aliphatic rings. The second kappa shape index (κ2) is 10.3. The number of hydrogen-bond donors (Lipinski definition) is 6. The molecule has 0 aromatic heterocycles. The number of carbonyl (C=O) groups is 3. The van der Waals surface area contributed by atoms with E-state index in [4.69, 9.17) is 13.2 Å². The summed E-state index contributed by atoms with van der Waals surface area (Å²) in [4.78, 5) is 42.6. The second-order valence-electron chi connectivity index (χ2n) is 12.7. The molecule has 0 spiro atoms. The number of likely N-dealkylation sites (N-methyl/N-ethyl adjacent to an activating group) is 1. The Balaban J connectivity index is 1.43. The third kappa shape index (κ3) is 4.34. The van der Waals surface area contributed by atoms with Crippen LogP contribution in [0.5, 0.6) is 5.75 Å². The summed E-state index contributed by atoms with van der Waals surface area (Å²) in [6, 6.07) is -0.452. The Kier molecular flexibility index (Phi) is 7.06. The van der Waals surface area contributed by atoms with Crippen molar-refractivity contribution in [3.05, 3.63) is 39.9 Å². The van der Waals surface area contributed by atoms with Gasteiger partial charge in [0.05, 0.1) is 0 Å². The quantitative estimate of drug-likeness (QED) is 0.255. The number of rotatable bonds is 6. The Morgan fingerprint density at radius 3 is 2.56 bits per heavy atom. The van der Waals surface area contributed by atoms with Gasteiger partial charge in [0.1, 0.15) is 0 Å². The number of nitrogens with zero attached hydrogens (tertiary/aromatic N) is 2. The predicted molar refractivity (Wildman–Crippen MR) is 156 cm³/mol. The Morgan fingerprint density at radius 2 is 1.93 bits per heavy atom. The SMILES string of the molecule is [B]=C1C(C(N)=O)=C(O)[C@@H](N(C)C)[C@@H]2C[C@@H]3Cc4c(F)cc(N5CCC[C@H](NCC6CC6)C5=O)c(O)c4C(O)=C3C(=O)[C@]12O. The van der Waals surface area contributed by atoms with Gasteiger partial charge in [0.25, 0.3) is 0 Å². The fraction of sp³-hybridized carbons (Fsp3) is 0.533. The van der Waals surface area contributed by atoms with Crippen molar-refractivity contribution < 1.29 is 39.2 Å². The van der Waals surface area contributed by atoms with E-state index in [9.17, 15) is 34.8 Å². The van der Waals surface area contributed by atoms with Crippen LogP contribution in [0, 0.1) is 23.6 Å². The van der Waals surface area contributed by atoms with Crippen molar-refractivity contribution in [1.29, 1.82) is 0 Å². The summed E-state index contributed by atoms with van der Waals surface area (Å²) >= 11 is 0. The van der Waals surface area contributed by atoms with Gasteiger partial charge in [-0.25, -0.2) is 0 Å². The number of primary amides is 1.